The molecule has 41 heavy (non-hydrogen) atoms. The monoisotopic (exact) mass is 571 g/mol. The van der Waals surface area contributed by atoms with Crippen LogP contribution < -0.4 is 16.2 Å². The molecule has 6 nitrogen and oxygen atoms in total. The zero-order valence-corrected chi connectivity index (χ0v) is 23.8. The van der Waals surface area contributed by atoms with Crippen LogP contribution in [0.3, 0.4) is 0 Å². The SMILES string of the molecule is Cc1cc(-c2ccc3nc(N)c(-c4ccc(N5CCN(C)CC5)cc4)cc3c2)c[nH]c1=O.Fc1ccc(S)c(F)c1. The fraction of sp³-hybridized carbons (Fsp3) is 0.188. The average Bonchev–Trinajstić information content (AvgIpc) is 2.97. The molecule has 6 rings (SSSR count). The van der Waals surface area contributed by atoms with E-state index in [-0.39, 0.29) is 10.5 Å². The molecule has 3 N–H and O–H groups in total. The minimum absolute atomic E-state index is 0.0636. The van der Waals surface area contributed by atoms with Gasteiger partial charge in [0, 0.05) is 65.5 Å². The minimum Gasteiger partial charge on any atom is -0.383 e. The van der Waals surface area contributed by atoms with Crippen LogP contribution in [0.1, 0.15) is 5.56 Å². The van der Waals surface area contributed by atoms with Crippen LogP contribution in [-0.4, -0.2) is 48.1 Å². The lowest BCUT2D eigenvalue weighted by molar-refractivity contribution is 0.313. The zero-order chi connectivity index (χ0) is 29.1. The van der Waals surface area contributed by atoms with E-state index in [4.69, 9.17) is 5.73 Å². The summed E-state index contributed by atoms with van der Waals surface area (Å²) in [5, 5.41) is 1.01. The standard InChI is InChI=1S/C26H27N5O.C6H4F2S/c1-17-13-21(16-28-26(17)32)19-5-8-24-20(14-19)15-23(25(27)29-24)18-3-6-22(7-4-18)31-11-9-30(2)10-12-31;7-4-1-2-6(9)5(8)3-4/h3-8,13-16H,9-12H2,1-2H3,(H2,27,29)(H,28,32);1-3,9H. The summed E-state index contributed by atoms with van der Waals surface area (Å²) in [4.78, 5) is 24.1. The minimum atomic E-state index is -0.627. The summed E-state index contributed by atoms with van der Waals surface area (Å²) in [6.07, 6.45) is 1.75. The molecule has 9 heteroatoms. The topological polar surface area (TPSA) is 78.2 Å². The number of aromatic amines is 1. The summed E-state index contributed by atoms with van der Waals surface area (Å²) in [7, 11) is 2.17. The van der Waals surface area contributed by atoms with Gasteiger partial charge in [0.05, 0.1) is 5.52 Å². The Hall–Kier alpha value is -4.21. The fourth-order valence-electron chi connectivity index (χ4n) is 4.76. The van der Waals surface area contributed by atoms with Crippen LogP contribution in [0.4, 0.5) is 20.3 Å². The summed E-state index contributed by atoms with van der Waals surface area (Å²) in [5.74, 6) is -0.680. The van der Waals surface area contributed by atoms with Crippen molar-refractivity contribution in [2.45, 2.75) is 11.8 Å². The van der Waals surface area contributed by atoms with E-state index >= 15 is 0 Å². The van der Waals surface area contributed by atoms with Gasteiger partial charge >= 0.3 is 0 Å². The molecular weight excluding hydrogens is 540 g/mol. The Morgan fingerprint density at radius 1 is 0.878 bits per heavy atom. The molecule has 210 valence electrons. The van der Waals surface area contributed by atoms with E-state index in [0.29, 0.717) is 11.4 Å². The number of nitrogens with two attached hydrogens (primary N) is 1. The molecule has 0 saturated carbocycles. The first-order chi connectivity index (χ1) is 19.7. The molecule has 5 aromatic rings. The Kier molecular flexibility index (Phi) is 8.37. The quantitative estimate of drug-likeness (QED) is 0.226. The molecule has 0 aliphatic carbocycles. The van der Waals surface area contributed by atoms with E-state index in [1.807, 2.05) is 25.1 Å². The maximum atomic E-state index is 12.3. The molecule has 1 aliphatic heterocycles. The van der Waals surface area contributed by atoms with E-state index in [1.54, 1.807) is 6.20 Å². The Balaban J connectivity index is 0.000000321. The maximum absolute atomic E-state index is 12.3. The van der Waals surface area contributed by atoms with Gasteiger partial charge in [-0.1, -0.05) is 18.2 Å². The number of nitrogens with one attached hydrogen (secondary N) is 1. The number of H-pyrrole nitrogens is 1. The number of aryl methyl sites for hydroxylation is 1. The van der Waals surface area contributed by atoms with Crippen LogP contribution in [0, 0.1) is 18.6 Å². The molecule has 0 spiro atoms. The Labute approximate surface area is 242 Å². The van der Waals surface area contributed by atoms with Gasteiger partial charge < -0.3 is 20.5 Å². The highest BCUT2D eigenvalue weighted by Crippen LogP contribution is 2.32. The molecular formula is C32H31F2N5OS. The summed E-state index contributed by atoms with van der Waals surface area (Å²) < 4.78 is 24.3. The van der Waals surface area contributed by atoms with Crippen molar-refractivity contribution in [3.8, 4) is 22.3 Å². The van der Waals surface area contributed by atoms with Crippen LogP contribution >= 0.6 is 12.6 Å². The van der Waals surface area contributed by atoms with Gasteiger partial charge in [-0.2, -0.15) is 0 Å². The lowest BCUT2D eigenvalue weighted by Gasteiger charge is -2.34. The largest absolute Gasteiger partial charge is 0.383 e. The number of nitrogens with zero attached hydrogens (tertiary/aromatic N) is 3. The van der Waals surface area contributed by atoms with Crippen LogP contribution in [0.2, 0.25) is 0 Å². The number of halogens is 2. The second-order valence-corrected chi connectivity index (χ2v) is 10.6. The van der Waals surface area contributed by atoms with Gasteiger partial charge in [0.15, 0.2) is 0 Å². The molecule has 0 amide bonds. The van der Waals surface area contributed by atoms with Crippen molar-refractivity contribution in [2.24, 2.45) is 0 Å². The van der Waals surface area contributed by atoms with Crippen molar-refractivity contribution in [3.63, 3.8) is 0 Å². The molecule has 0 radical (unpaired) electrons. The van der Waals surface area contributed by atoms with E-state index in [9.17, 15) is 13.6 Å². The van der Waals surface area contributed by atoms with Crippen molar-refractivity contribution in [1.29, 1.82) is 0 Å². The number of anilines is 2. The number of likely N-dealkylation sites (N-methyl/N-ethyl adjacent to an activating group) is 1. The average molecular weight is 572 g/mol. The number of hydrogen-bond acceptors (Lipinski definition) is 6. The number of fused-ring (bicyclic) bond motifs is 1. The van der Waals surface area contributed by atoms with Crippen LogP contribution in [0.15, 0.2) is 88.7 Å². The third-order valence-electron chi connectivity index (χ3n) is 7.22. The fourth-order valence-corrected chi connectivity index (χ4v) is 4.90. The van der Waals surface area contributed by atoms with Gasteiger partial charge in [-0.15, -0.1) is 12.6 Å². The number of hydrogen-bond donors (Lipinski definition) is 3. The molecule has 0 bridgehead atoms. The normalized spacial score (nSPS) is 13.6. The molecule has 1 saturated heterocycles. The van der Waals surface area contributed by atoms with Crippen LogP contribution in [0.25, 0.3) is 33.2 Å². The number of rotatable bonds is 3. The summed E-state index contributed by atoms with van der Waals surface area (Å²) in [6, 6.07) is 21.9. The highest BCUT2D eigenvalue weighted by molar-refractivity contribution is 7.80. The Bertz CT molecular complexity index is 1750. The van der Waals surface area contributed by atoms with Gasteiger partial charge in [0.2, 0.25) is 0 Å². The Morgan fingerprint density at radius 2 is 1.59 bits per heavy atom. The van der Waals surface area contributed by atoms with Crippen molar-refractivity contribution in [3.05, 3.63) is 107 Å². The molecule has 3 heterocycles. The lowest BCUT2D eigenvalue weighted by atomic mass is 10.00. The van der Waals surface area contributed by atoms with Gasteiger partial charge in [-0.25, -0.2) is 13.8 Å². The smallest absolute Gasteiger partial charge is 0.250 e. The van der Waals surface area contributed by atoms with Crippen molar-refractivity contribution in [2.75, 3.05) is 43.9 Å². The molecule has 1 fully saturated rings. The first kappa shape index (κ1) is 28.3. The lowest BCUT2D eigenvalue weighted by Crippen LogP contribution is -2.44. The van der Waals surface area contributed by atoms with Gasteiger partial charge in [-0.05, 0) is 79.2 Å². The number of pyridine rings is 2. The second-order valence-electron chi connectivity index (χ2n) is 10.2. The van der Waals surface area contributed by atoms with E-state index < -0.39 is 11.6 Å². The highest BCUT2D eigenvalue weighted by Gasteiger charge is 2.15. The van der Waals surface area contributed by atoms with E-state index in [1.165, 1.54) is 11.8 Å². The van der Waals surface area contributed by atoms with Crippen LogP contribution in [-0.2, 0) is 0 Å². The number of thiol groups is 1. The molecule has 0 unspecified atom stereocenters. The first-order valence-electron chi connectivity index (χ1n) is 13.3. The number of benzene rings is 3. The van der Waals surface area contributed by atoms with Crippen molar-refractivity contribution in [1.82, 2.24) is 14.9 Å². The number of piperazine rings is 1. The number of aromatic nitrogens is 2. The van der Waals surface area contributed by atoms with Crippen LogP contribution in [0.5, 0.6) is 0 Å². The predicted molar refractivity (Wildman–Crippen MR) is 166 cm³/mol. The second kappa shape index (κ2) is 12.1. The van der Waals surface area contributed by atoms with Gasteiger partial charge in [-0.3, -0.25) is 4.79 Å². The molecule has 1 aliphatic rings. The van der Waals surface area contributed by atoms with E-state index in [2.05, 4.69) is 75.8 Å². The summed E-state index contributed by atoms with van der Waals surface area (Å²) in [6.45, 7) is 6.07. The van der Waals surface area contributed by atoms with Gasteiger partial charge in [0.1, 0.15) is 17.5 Å². The van der Waals surface area contributed by atoms with Gasteiger partial charge in [0.25, 0.3) is 5.56 Å². The first-order valence-corrected chi connectivity index (χ1v) is 13.7. The van der Waals surface area contributed by atoms with Crippen molar-refractivity contribution < 1.29 is 8.78 Å². The molecule has 2 aromatic heterocycles. The summed E-state index contributed by atoms with van der Waals surface area (Å²) in [5.41, 5.74) is 13.0. The zero-order valence-electron chi connectivity index (χ0n) is 22.9. The summed E-state index contributed by atoms with van der Waals surface area (Å²) >= 11 is 3.70. The number of nitrogen functional groups attached to an aromatic ring is 1. The molecule has 3 aromatic carbocycles. The molecule has 0 atom stereocenters. The predicted octanol–water partition coefficient (Wildman–Crippen LogP) is 6.15. The maximum Gasteiger partial charge on any atom is 0.250 e. The van der Waals surface area contributed by atoms with Crippen molar-refractivity contribution >= 4 is 35.0 Å². The highest BCUT2D eigenvalue weighted by atomic mass is 32.1. The van der Waals surface area contributed by atoms with E-state index in [0.717, 1.165) is 71.5 Å². The third-order valence-corrected chi connectivity index (χ3v) is 7.59. The Morgan fingerprint density at radius 3 is 2.24 bits per heavy atom. The third kappa shape index (κ3) is 6.58.